The van der Waals surface area contributed by atoms with Crippen LogP contribution in [0.5, 0.6) is 11.8 Å². The number of nitrogens with one attached hydrogen (secondary N) is 2. The number of aromatic nitrogens is 3. The predicted octanol–water partition coefficient (Wildman–Crippen LogP) is 3.43. The van der Waals surface area contributed by atoms with Crippen molar-refractivity contribution in [2.75, 3.05) is 18.5 Å². The number of nitrogens with zero attached hydrogens (tertiary/aromatic N) is 3. The van der Waals surface area contributed by atoms with E-state index in [1.54, 1.807) is 30.5 Å². The molecule has 1 aliphatic heterocycles. The van der Waals surface area contributed by atoms with Crippen molar-refractivity contribution in [3.05, 3.63) is 42.7 Å². The highest BCUT2D eigenvalue weighted by Crippen LogP contribution is 2.31. The molecule has 11 heteroatoms. The Morgan fingerprint density at radius 2 is 2.19 bits per heavy atom. The third kappa shape index (κ3) is 5.17. The number of anilines is 2. The zero-order valence-electron chi connectivity index (χ0n) is 17.8. The number of thiazole rings is 1. The smallest absolute Gasteiger partial charge is 0.318 e. The fourth-order valence-corrected chi connectivity index (χ4v) is 5.87. The van der Waals surface area contributed by atoms with Gasteiger partial charge in [0.1, 0.15) is 21.9 Å². The van der Waals surface area contributed by atoms with Crippen molar-refractivity contribution in [2.45, 2.75) is 47.9 Å². The molecule has 0 bridgehead atoms. The van der Waals surface area contributed by atoms with Crippen molar-refractivity contribution >= 4 is 32.1 Å². The molecule has 1 unspecified atom stereocenters. The molecule has 0 spiro atoms. The van der Waals surface area contributed by atoms with Crippen molar-refractivity contribution in [1.29, 1.82) is 0 Å². The van der Waals surface area contributed by atoms with Gasteiger partial charge in [0.25, 0.3) is 0 Å². The van der Waals surface area contributed by atoms with E-state index < -0.39 is 9.84 Å². The summed E-state index contributed by atoms with van der Waals surface area (Å²) < 4.78 is 37.4. The van der Waals surface area contributed by atoms with Crippen LogP contribution in [-0.2, 0) is 9.84 Å². The van der Waals surface area contributed by atoms with Crippen LogP contribution in [0.1, 0.15) is 26.7 Å². The fraction of sp³-hybridized carbons (Fsp3) is 0.381. The summed E-state index contributed by atoms with van der Waals surface area (Å²) in [6.45, 7) is 5.29. The first-order valence-electron chi connectivity index (χ1n) is 10.4. The van der Waals surface area contributed by atoms with Gasteiger partial charge in [0.05, 0.1) is 17.7 Å². The normalized spacial score (nSPS) is 17.1. The van der Waals surface area contributed by atoms with Crippen LogP contribution < -0.4 is 20.1 Å². The molecule has 4 rings (SSSR count). The van der Waals surface area contributed by atoms with Gasteiger partial charge in [-0.15, -0.1) is 0 Å². The second-order valence-electron chi connectivity index (χ2n) is 7.27. The van der Waals surface area contributed by atoms with E-state index in [1.807, 2.05) is 13.8 Å². The van der Waals surface area contributed by atoms with Gasteiger partial charge in [-0.1, -0.05) is 17.4 Å². The topological polar surface area (TPSA) is 115 Å². The van der Waals surface area contributed by atoms with Crippen molar-refractivity contribution in [1.82, 2.24) is 20.3 Å². The van der Waals surface area contributed by atoms with Crippen molar-refractivity contribution in [3.63, 3.8) is 0 Å². The molecule has 3 aromatic rings. The number of hydrogen-bond acceptors (Lipinski definition) is 10. The first-order chi connectivity index (χ1) is 15.5. The third-order valence-corrected chi connectivity index (χ3v) is 8.13. The maximum atomic E-state index is 13.0. The minimum Gasteiger partial charge on any atom is -0.494 e. The first kappa shape index (κ1) is 22.4. The standard InChI is InChI=1S/C21H25N5O4S2/c1-3-29-15-6-4-7-16(12-15)32(27,28)19-13-24-21(31-19)26-18-9-11-23-20(25-18)30-14(2)17-8-5-10-22-17/h4,6-7,9,11-14,17,22H,3,5,8,10H2,1-2H3,(H,23,24,25,26)/t14?,17-/m1/s1. The summed E-state index contributed by atoms with van der Waals surface area (Å²) in [6.07, 6.45) is 5.05. The van der Waals surface area contributed by atoms with Crippen LogP contribution in [0.4, 0.5) is 10.9 Å². The first-order valence-corrected chi connectivity index (χ1v) is 12.7. The maximum absolute atomic E-state index is 13.0. The Labute approximate surface area is 191 Å². The second kappa shape index (κ2) is 9.80. The molecule has 32 heavy (non-hydrogen) atoms. The molecular formula is C21H25N5O4S2. The third-order valence-electron chi connectivity index (χ3n) is 5.00. The zero-order chi connectivity index (χ0) is 22.6. The Kier molecular flexibility index (Phi) is 6.87. The lowest BCUT2D eigenvalue weighted by molar-refractivity contribution is 0.165. The molecule has 3 heterocycles. The van der Waals surface area contributed by atoms with Crippen molar-refractivity contribution < 1.29 is 17.9 Å². The highest BCUT2D eigenvalue weighted by molar-refractivity contribution is 7.93. The van der Waals surface area contributed by atoms with E-state index in [0.29, 0.717) is 23.3 Å². The number of rotatable bonds is 9. The van der Waals surface area contributed by atoms with E-state index in [0.717, 1.165) is 30.7 Å². The minimum absolute atomic E-state index is 0.0585. The molecule has 9 nitrogen and oxygen atoms in total. The molecule has 1 aromatic carbocycles. The zero-order valence-corrected chi connectivity index (χ0v) is 19.4. The van der Waals surface area contributed by atoms with Gasteiger partial charge in [0, 0.05) is 12.2 Å². The van der Waals surface area contributed by atoms with E-state index >= 15 is 0 Å². The maximum Gasteiger partial charge on any atom is 0.318 e. The van der Waals surface area contributed by atoms with Gasteiger partial charge in [-0.3, -0.25) is 0 Å². The van der Waals surface area contributed by atoms with E-state index in [1.165, 1.54) is 12.3 Å². The van der Waals surface area contributed by atoms with Crippen LogP contribution in [0.25, 0.3) is 0 Å². The minimum atomic E-state index is -3.71. The van der Waals surface area contributed by atoms with E-state index in [2.05, 4.69) is 25.6 Å². The molecular weight excluding hydrogens is 450 g/mol. The van der Waals surface area contributed by atoms with Gasteiger partial charge < -0.3 is 20.1 Å². The highest BCUT2D eigenvalue weighted by Gasteiger charge is 2.24. The molecule has 2 aromatic heterocycles. The lowest BCUT2D eigenvalue weighted by Crippen LogP contribution is -2.36. The van der Waals surface area contributed by atoms with Gasteiger partial charge in [-0.2, -0.15) is 4.98 Å². The summed E-state index contributed by atoms with van der Waals surface area (Å²) in [5.41, 5.74) is 0. The van der Waals surface area contributed by atoms with Crippen LogP contribution in [0.2, 0.25) is 0 Å². The van der Waals surface area contributed by atoms with E-state index in [-0.39, 0.29) is 27.3 Å². The Balaban J connectivity index is 1.46. The molecule has 1 saturated heterocycles. The lowest BCUT2D eigenvalue weighted by Gasteiger charge is -2.19. The molecule has 170 valence electrons. The van der Waals surface area contributed by atoms with Gasteiger partial charge in [-0.05, 0) is 57.5 Å². The second-order valence-corrected chi connectivity index (χ2v) is 10.5. The van der Waals surface area contributed by atoms with Crippen LogP contribution >= 0.6 is 11.3 Å². The Morgan fingerprint density at radius 1 is 1.31 bits per heavy atom. The summed E-state index contributed by atoms with van der Waals surface area (Å²) in [6, 6.07) is 8.64. The average Bonchev–Trinajstić information content (AvgIpc) is 3.47. The predicted molar refractivity (Wildman–Crippen MR) is 122 cm³/mol. The molecule has 0 aliphatic carbocycles. The Bertz CT molecular complexity index is 1160. The number of sulfone groups is 1. The number of ether oxygens (including phenoxy) is 2. The summed E-state index contributed by atoms with van der Waals surface area (Å²) in [5, 5.41) is 6.84. The molecule has 2 N–H and O–H groups in total. The van der Waals surface area contributed by atoms with Gasteiger partial charge >= 0.3 is 6.01 Å². The summed E-state index contributed by atoms with van der Waals surface area (Å²) in [5.74, 6) is 0.977. The molecule has 0 amide bonds. The van der Waals surface area contributed by atoms with E-state index in [4.69, 9.17) is 9.47 Å². The molecule has 1 fully saturated rings. The van der Waals surface area contributed by atoms with Gasteiger partial charge in [0.15, 0.2) is 5.13 Å². The van der Waals surface area contributed by atoms with Crippen molar-refractivity contribution in [3.8, 4) is 11.8 Å². The largest absolute Gasteiger partial charge is 0.494 e. The SMILES string of the molecule is CCOc1cccc(S(=O)(=O)c2cnc(Nc3ccnc(OC(C)[C@H]4CCCN4)n3)s2)c1. The Hall–Kier alpha value is -2.76. The Morgan fingerprint density at radius 3 is 2.97 bits per heavy atom. The average molecular weight is 476 g/mol. The van der Waals surface area contributed by atoms with Crippen LogP contribution in [0.15, 0.2) is 51.8 Å². The van der Waals surface area contributed by atoms with Crippen LogP contribution in [-0.4, -0.2) is 48.7 Å². The molecule has 2 atom stereocenters. The monoisotopic (exact) mass is 475 g/mol. The molecule has 0 radical (unpaired) electrons. The van der Waals surface area contributed by atoms with E-state index in [9.17, 15) is 8.42 Å². The van der Waals surface area contributed by atoms with Gasteiger partial charge in [-0.25, -0.2) is 18.4 Å². The molecule has 1 aliphatic rings. The lowest BCUT2D eigenvalue weighted by atomic mass is 10.1. The highest BCUT2D eigenvalue weighted by atomic mass is 32.2. The summed E-state index contributed by atoms with van der Waals surface area (Å²) >= 11 is 1.03. The fourth-order valence-electron chi connectivity index (χ4n) is 3.39. The number of hydrogen-bond donors (Lipinski definition) is 2. The van der Waals surface area contributed by atoms with Crippen LogP contribution in [0, 0.1) is 0 Å². The quantitative estimate of drug-likeness (QED) is 0.480. The summed E-state index contributed by atoms with van der Waals surface area (Å²) in [7, 11) is -3.71. The summed E-state index contributed by atoms with van der Waals surface area (Å²) in [4.78, 5) is 12.9. The molecule has 0 saturated carbocycles. The van der Waals surface area contributed by atoms with Gasteiger partial charge in [0.2, 0.25) is 9.84 Å². The van der Waals surface area contributed by atoms with Crippen LogP contribution in [0.3, 0.4) is 0 Å². The van der Waals surface area contributed by atoms with Crippen molar-refractivity contribution in [2.24, 2.45) is 0 Å². The number of benzene rings is 1.